The Balaban J connectivity index is 2.40. The van der Waals surface area contributed by atoms with Crippen LogP contribution in [-0.4, -0.2) is 0 Å². The molecule has 0 saturated carbocycles. The molecule has 17 heavy (non-hydrogen) atoms. The van der Waals surface area contributed by atoms with Crippen LogP contribution >= 0.6 is 75.1 Å². The maximum absolute atomic E-state index is 13.2. The van der Waals surface area contributed by atoms with Gasteiger partial charge in [-0.2, -0.15) is 0 Å². The van der Waals surface area contributed by atoms with Gasteiger partial charge in [0, 0.05) is 0 Å². The van der Waals surface area contributed by atoms with E-state index in [-0.39, 0.29) is 10.6 Å². The third-order valence-electron chi connectivity index (χ3n) is 2.19. The molecule has 0 nitrogen and oxygen atoms in total. The van der Waals surface area contributed by atoms with E-state index in [9.17, 15) is 4.39 Å². The molecule has 1 atom stereocenters. The third-order valence-corrected chi connectivity index (χ3v) is 6.21. The van der Waals surface area contributed by atoms with Crippen molar-refractivity contribution in [3.63, 3.8) is 0 Å². The molecule has 1 heterocycles. The number of rotatable bonds is 2. The summed E-state index contributed by atoms with van der Waals surface area (Å²) in [6.07, 6.45) is 0. The topological polar surface area (TPSA) is 0 Å². The van der Waals surface area contributed by atoms with Crippen molar-refractivity contribution in [1.29, 1.82) is 0 Å². The lowest BCUT2D eigenvalue weighted by Crippen LogP contribution is -1.92. The van der Waals surface area contributed by atoms with Crippen molar-refractivity contribution in [1.82, 2.24) is 0 Å². The summed E-state index contributed by atoms with van der Waals surface area (Å²) >= 11 is 15.4. The minimum Gasteiger partial charge on any atom is -0.206 e. The highest BCUT2D eigenvalue weighted by Gasteiger charge is 2.17. The predicted octanol–water partition coefficient (Wildman–Crippen LogP) is 6.66. The molecule has 2 aromatic rings. The molecule has 6 heteroatoms. The molecule has 1 aromatic carbocycles. The van der Waals surface area contributed by atoms with Crippen molar-refractivity contribution < 1.29 is 4.39 Å². The van der Waals surface area contributed by atoms with E-state index in [1.165, 1.54) is 6.07 Å². The van der Waals surface area contributed by atoms with Crippen molar-refractivity contribution in [2.24, 2.45) is 0 Å². The molecule has 0 saturated heterocycles. The van der Waals surface area contributed by atoms with Crippen molar-refractivity contribution >= 4 is 75.1 Å². The van der Waals surface area contributed by atoms with Crippen LogP contribution in [0.15, 0.2) is 36.3 Å². The molecular formula is C11H5Br4FS. The Morgan fingerprint density at radius 3 is 2.35 bits per heavy atom. The first-order valence-electron chi connectivity index (χ1n) is 4.53. The number of alkyl halides is 1. The fourth-order valence-corrected chi connectivity index (χ4v) is 5.78. The van der Waals surface area contributed by atoms with Gasteiger partial charge in [0.1, 0.15) is 5.82 Å². The van der Waals surface area contributed by atoms with Gasteiger partial charge in [0.15, 0.2) is 0 Å². The van der Waals surface area contributed by atoms with Crippen molar-refractivity contribution in [3.05, 3.63) is 53.3 Å². The minimum atomic E-state index is -0.251. The quantitative estimate of drug-likeness (QED) is 0.399. The van der Waals surface area contributed by atoms with Crippen molar-refractivity contribution in [2.45, 2.75) is 4.83 Å². The maximum atomic E-state index is 13.2. The Kier molecular flexibility index (Phi) is 4.86. The second kappa shape index (κ2) is 5.82. The second-order valence-corrected chi connectivity index (χ2v) is 8.84. The highest BCUT2D eigenvalue weighted by Crippen LogP contribution is 2.42. The van der Waals surface area contributed by atoms with E-state index in [1.54, 1.807) is 23.5 Å². The molecule has 0 spiro atoms. The Hall–Kier alpha value is 0.770. The Morgan fingerprint density at radius 2 is 1.82 bits per heavy atom. The van der Waals surface area contributed by atoms with Crippen LogP contribution in [0.4, 0.5) is 4.39 Å². The van der Waals surface area contributed by atoms with E-state index in [4.69, 9.17) is 0 Å². The molecule has 1 aromatic heterocycles. The van der Waals surface area contributed by atoms with Crippen LogP contribution in [0.3, 0.4) is 0 Å². The van der Waals surface area contributed by atoms with E-state index in [1.807, 2.05) is 6.07 Å². The summed E-state index contributed by atoms with van der Waals surface area (Å²) in [5.41, 5.74) is 2.13. The summed E-state index contributed by atoms with van der Waals surface area (Å²) < 4.78 is 15.8. The standard InChI is InChI=1S/C11H5Br4FS/c12-7-3-5(1-2-8(7)16)10(14)6-4-9(13)17-11(6)15/h1-4,10H. The van der Waals surface area contributed by atoms with Gasteiger partial charge in [0.05, 0.1) is 16.9 Å². The van der Waals surface area contributed by atoms with Gasteiger partial charge in [-0.3, -0.25) is 0 Å². The van der Waals surface area contributed by atoms with Crippen LogP contribution in [0, 0.1) is 5.82 Å². The van der Waals surface area contributed by atoms with Crippen LogP contribution < -0.4 is 0 Å². The molecule has 0 aliphatic heterocycles. The monoisotopic (exact) mass is 504 g/mol. The first kappa shape index (κ1) is 14.2. The van der Waals surface area contributed by atoms with Crippen LogP contribution in [0.5, 0.6) is 0 Å². The first-order valence-corrected chi connectivity index (χ1v) is 8.64. The second-order valence-electron chi connectivity index (χ2n) is 3.32. The van der Waals surface area contributed by atoms with E-state index >= 15 is 0 Å². The Morgan fingerprint density at radius 1 is 1.12 bits per heavy atom. The maximum Gasteiger partial charge on any atom is 0.137 e. The fourth-order valence-electron chi connectivity index (χ4n) is 1.38. The normalized spacial score (nSPS) is 12.8. The molecule has 2 rings (SSSR count). The van der Waals surface area contributed by atoms with E-state index in [0.29, 0.717) is 4.47 Å². The zero-order valence-corrected chi connectivity index (χ0v) is 15.3. The van der Waals surface area contributed by atoms with E-state index in [0.717, 1.165) is 18.7 Å². The van der Waals surface area contributed by atoms with Crippen LogP contribution in [0.25, 0.3) is 0 Å². The summed E-state index contributed by atoms with van der Waals surface area (Å²) in [6.45, 7) is 0. The molecule has 1 unspecified atom stereocenters. The Bertz CT molecular complexity index is 552. The van der Waals surface area contributed by atoms with Gasteiger partial charge in [-0.05, 0) is 77.1 Å². The largest absolute Gasteiger partial charge is 0.206 e. The average molecular weight is 508 g/mol. The molecule has 0 bridgehead atoms. The summed E-state index contributed by atoms with van der Waals surface area (Å²) in [6, 6.07) is 7.07. The number of thiophene rings is 1. The highest BCUT2D eigenvalue weighted by atomic mass is 79.9. The summed E-state index contributed by atoms with van der Waals surface area (Å²) in [5, 5.41) is 0. The van der Waals surface area contributed by atoms with Gasteiger partial charge in [0.25, 0.3) is 0 Å². The summed E-state index contributed by atoms with van der Waals surface area (Å²) in [4.78, 5) is 0.0383. The van der Waals surface area contributed by atoms with Gasteiger partial charge >= 0.3 is 0 Å². The van der Waals surface area contributed by atoms with Crippen LogP contribution in [0.2, 0.25) is 0 Å². The zero-order chi connectivity index (χ0) is 12.6. The van der Waals surface area contributed by atoms with Gasteiger partial charge in [-0.15, -0.1) is 11.3 Å². The van der Waals surface area contributed by atoms with E-state index in [2.05, 4.69) is 63.7 Å². The van der Waals surface area contributed by atoms with E-state index < -0.39 is 0 Å². The number of hydrogen-bond acceptors (Lipinski definition) is 1. The smallest absolute Gasteiger partial charge is 0.137 e. The summed E-state index contributed by atoms with van der Waals surface area (Å²) in [7, 11) is 0. The molecule has 0 aliphatic carbocycles. The number of benzene rings is 1. The lowest BCUT2D eigenvalue weighted by molar-refractivity contribution is 0.620. The van der Waals surface area contributed by atoms with Gasteiger partial charge < -0.3 is 0 Å². The molecule has 0 N–H and O–H groups in total. The van der Waals surface area contributed by atoms with Crippen LogP contribution in [0.1, 0.15) is 16.0 Å². The third kappa shape index (κ3) is 3.21. The Labute approximate surface area is 136 Å². The first-order chi connectivity index (χ1) is 7.99. The number of halogens is 5. The fraction of sp³-hybridized carbons (Fsp3) is 0.0909. The van der Waals surface area contributed by atoms with Crippen LogP contribution in [-0.2, 0) is 0 Å². The minimum absolute atomic E-state index is 0.0383. The van der Waals surface area contributed by atoms with Gasteiger partial charge in [-0.1, -0.05) is 22.0 Å². The molecule has 0 aliphatic rings. The van der Waals surface area contributed by atoms with Gasteiger partial charge in [0.2, 0.25) is 0 Å². The summed E-state index contributed by atoms with van der Waals surface area (Å²) in [5.74, 6) is -0.251. The molecule has 0 fully saturated rings. The number of hydrogen-bond donors (Lipinski definition) is 0. The lowest BCUT2D eigenvalue weighted by Gasteiger charge is -2.10. The molecular weight excluding hydrogens is 503 g/mol. The zero-order valence-electron chi connectivity index (χ0n) is 8.18. The molecule has 0 radical (unpaired) electrons. The van der Waals surface area contributed by atoms with Crippen molar-refractivity contribution in [2.75, 3.05) is 0 Å². The molecule has 90 valence electrons. The lowest BCUT2D eigenvalue weighted by atomic mass is 10.1. The van der Waals surface area contributed by atoms with Crippen molar-refractivity contribution in [3.8, 4) is 0 Å². The average Bonchev–Trinajstić information content (AvgIpc) is 2.61. The highest BCUT2D eigenvalue weighted by molar-refractivity contribution is 9.12. The molecule has 0 amide bonds. The van der Waals surface area contributed by atoms with Gasteiger partial charge in [-0.25, -0.2) is 4.39 Å². The SMILES string of the molecule is Fc1ccc(C(Br)c2cc(Br)sc2Br)cc1Br. The predicted molar refractivity (Wildman–Crippen MR) is 84.6 cm³/mol.